The van der Waals surface area contributed by atoms with Gasteiger partial charge < -0.3 is 10.0 Å². The molecule has 1 aromatic rings. The molecule has 1 aliphatic rings. The van der Waals surface area contributed by atoms with Crippen molar-refractivity contribution in [3.63, 3.8) is 0 Å². The van der Waals surface area contributed by atoms with Gasteiger partial charge >= 0.3 is 0 Å². The van der Waals surface area contributed by atoms with Crippen LogP contribution >= 0.6 is 0 Å². The lowest BCUT2D eigenvalue weighted by atomic mass is 10.0. The van der Waals surface area contributed by atoms with E-state index in [1.54, 1.807) is 11.9 Å². The average molecular weight is 191 g/mol. The van der Waals surface area contributed by atoms with E-state index in [-0.39, 0.29) is 18.6 Å². The predicted molar refractivity (Wildman–Crippen MR) is 53.0 cm³/mol. The van der Waals surface area contributed by atoms with E-state index in [2.05, 4.69) is 0 Å². The summed E-state index contributed by atoms with van der Waals surface area (Å²) in [7, 11) is 1.78. The van der Waals surface area contributed by atoms with E-state index in [9.17, 15) is 4.79 Å². The summed E-state index contributed by atoms with van der Waals surface area (Å²) in [6.45, 7) is 0.108. The van der Waals surface area contributed by atoms with Gasteiger partial charge in [-0.15, -0.1) is 0 Å². The summed E-state index contributed by atoms with van der Waals surface area (Å²) >= 11 is 0. The summed E-state index contributed by atoms with van der Waals surface area (Å²) in [4.78, 5) is 13.4. The molecule has 3 heteroatoms. The van der Waals surface area contributed by atoms with Gasteiger partial charge in [-0.2, -0.15) is 0 Å². The van der Waals surface area contributed by atoms with Gasteiger partial charge in [0.2, 0.25) is 0 Å². The lowest BCUT2D eigenvalue weighted by molar-refractivity contribution is 0.0755. The van der Waals surface area contributed by atoms with Gasteiger partial charge in [-0.1, -0.05) is 18.2 Å². The zero-order chi connectivity index (χ0) is 10.1. The Kier molecular flexibility index (Phi) is 2.25. The molecule has 0 aromatic heterocycles. The molecule has 1 heterocycles. The second-order valence-corrected chi connectivity index (χ2v) is 3.53. The van der Waals surface area contributed by atoms with Gasteiger partial charge in [0.05, 0.1) is 6.04 Å². The first-order valence-electron chi connectivity index (χ1n) is 4.72. The normalized spacial score (nSPS) is 20.0. The monoisotopic (exact) mass is 191 g/mol. The van der Waals surface area contributed by atoms with Crippen molar-refractivity contribution in [3.8, 4) is 0 Å². The number of rotatable bonds is 2. The fourth-order valence-electron chi connectivity index (χ4n) is 1.99. The van der Waals surface area contributed by atoms with Crippen molar-refractivity contribution in [1.82, 2.24) is 4.90 Å². The molecule has 0 radical (unpaired) electrons. The molecule has 0 saturated carbocycles. The standard InChI is InChI=1S/C11H13NO2/c1-12-10(6-7-13)8-4-2-3-5-9(8)11(12)14/h2-5,10,13H,6-7H2,1H3/t10-/m1/s1. The maximum Gasteiger partial charge on any atom is 0.254 e. The number of aliphatic hydroxyl groups excluding tert-OH is 1. The van der Waals surface area contributed by atoms with E-state index in [0.29, 0.717) is 6.42 Å². The highest BCUT2D eigenvalue weighted by atomic mass is 16.3. The Morgan fingerprint density at radius 3 is 2.86 bits per heavy atom. The van der Waals surface area contributed by atoms with Crippen LogP contribution in [0.1, 0.15) is 28.4 Å². The van der Waals surface area contributed by atoms with Gasteiger partial charge in [0, 0.05) is 19.2 Å². The van der Waals surface area contributed by atoms with Crippen LogP contribution in [0.25, 0.3) is 0 Å². The molecule has 0 bridgehead atoms. The topological polar surface area (TPSA) is 40.5 Å². The molecule has 0 fully saturated rings. The van der Waals surface area contributed by atoms with Crippen LogP contribution in [0.5, 0.6) is 0 Å². The lowest BCUT2D eigenvalue weighted by Crippen LogP contribution is -2.23. The molecule has 2 rings (SSSR count). The van der Waals surface area contributed by atoms with Gasteiger partial charge in [0.25, 0.3) is 5.91 Å². The Morgan fingerprint density at radius 1 is 1.43 bits per heavy atom. The molecule has 1 N–H and O–H groups in total. The molecule has 0 spiro atoms. The third-order valence-corrected chi connectivity index (χ3v) is 2.74. The number of hydrogen-bond donors (Lipinski definition) is 1. The van der Waals surface area contributed by atoms with Crippen LogP contribution in [0, 0.1) is 0 Å². The first-order valence-corrected chi connectivity index (χ1v) is 4.72. The molecule has 14 heavy (non-hydrogen) atoms. The van der Waals surface area contributed by atoms with Crippen LogP contribution in [-0.2, 0) is 0 Å². The Bertz CT molecular complexity index is 362. The highest BCUT2D eigenvalue weighted by Gasteiger charge is 2.32. The van der Waals surface area contributed by atoms with E-state index in [0.717, 1.165) is 11.1 Å². The fourth-order valence-corrected chi connectivity index (χ4v) is 1.99. The number of carbonyl (C=O) groups excluding carboxylic acids is 1. The van der Waals surface area contributed by atoms with Crippen molar-refractivity contribution in [2.75, 3.05) is 13.7 Å². The number of aliphatic hydroxyl groups is 1. The minimum Gasteiger partial charge on any atom is -0.396 e. The quantitative estimate of drug-likeness (QED) is 0.763. The number of carbonyl (C=O) groups is 1. The third kappa shape index (κ3) is 1.21. The van der Waals surface area contributed by atoms with Crippen molar-refractivity contribution >= 4 is 5.91 Å². The van der Waals surface area contributed by atoms with Crippen LogP contribution in [0.4, 0.5) is 0 Å². The second kappa shape index (κ2) is 3.42. The van der Waals surface area contributed by atoms with Gasteiger partial charge in [-0.25, -0.2) is 0 Å². The van der Waals surface area contributed by atoms with E-state index in [1.807, 2.05) is 24.3 Å². The molecule has 0 aliphatic carbocycles. The van der Waals surface area contributed by atoms with E-state index in [4.69, 9.17) is 5.11 Å². The van der Waals surface area contributed by atoms with Gasteiger partial charge in [-0.05, 0) is 18.1 Å². The minimum absolute atomic E-state index is 0.0451. The lowest BCUT2D eigenvalue weighted by Gasteiger charge is -2.19. The van der Waals surface area contributed by atoms with Gasteiger partial charge in [-0.3, -0.25) is 4.79 Å². The summed E-state index contributed by atoms with van der Waals surface area (Å²) in [6, 6.07) is 7.63. The van der Waals surface area contributed by atoms with E-state index in [1.165, 1.54) is 0 Å². The number of benzene rings is 1. The molecule has 0 saturated heterocycles. The highest BCUT2D eigenvalue weighted by molar-refractivity contribution is 5.98. The fraction of sp³-hybridized carbons (Fsp3) is 0.364. The first-order chi connectivity index (χ1) is 6.75. The number of fused-ring (bicyclic) bond motifs is 1. The predicted octanol–water partition coefficient (Wildman–Crippen LogP) is 1.20. The minimum atomic E-state index is 0.0451. The van der Waals surface area contributed by atoms with Crippen molar-refractivity contribution in [2.45, 2.75) is 12.5 Å². The third-order valence-electron chi connectivity index (χ3n) is 2.74. The Labute approximate surface area is 83.0 Å². The van der Waals surface area contributed by atoms with Crippen LogP contribution in [0.15, 0.2) is 24.3 Å². The van der Waals surface area contributed by atoms with Crippen molar-refractivity contribution in [1.29, 1.82) is 0 Å². The zero-order valence-corrected chi connectivity index (χ0v) is 8.10. The average Bonchev–Trinajstić information content (AvgIpc) is 2.45. The second-order valence-electron chi connectivity index (χ2n) is 3.53. The van der Waals surface area contributed by atoms with Gasteiger partial charge in [0.1, 0.15) is 0 Å². The maximum atomic E-state index is 11.7. The molecule has 1 aliphatic heterocycles. The van der Waals surface area contributed by atoms with E-state index < -0.39 is 0 Å². The number of amides is 1. The summed E-state index contributed by atoms with van der Waals surface area (Å²) in [6.07, 6.45) is 0.610. The smallest absolute Gasteiger partial charge is 0.254 e. The Hall–Kier alpha value is -1.35. The molecule has 1 amide bonds. The van der Waals surface area contributed by atoms with Crippen molar-refractivity contribution < 1.29 is 9.90 Å². The summed E-state index contributed by atoms with van der Waals surface area (Å²) in [5.74, 6) is 0.0547. The van der Waals surface area contributed by atoms with Gasteiger partial charge in [0.15, 0.2) is 0 Å². The molecule has 1 atom stereocenters. The Morgan fingerprint density at radius 2 is 2.14 bits per heavy atom. The summed E-state index contributed by atoms with van der Waals surface area (Å²) < 4.78 is 0. The van der Waals surface area contributed by atoms with Crippen molar-refractivity contribution in [3.05, 3.63) is 35.4 Å². The SMILES string of the molecule is CN1C(=O)c2ccccc2[C@H]1CCO. The molecule has 0 unspecified atom stereocenters. The zero-order valence-electron chi connectivity index (χ0n) is 8.10. The number of nitrogens with zero attached hydrogens (tertiary/aromatic N) is 1. The molecular formula is C11H13NO2. The molecule has 1 aromatic carbocycles. The summed E-state index contributed by atoms with van der Waals surface area (Å²) in [5, 5.41) is 8.92. The molecule has 3 nitrogen and oxygen atoms in total. The maximum absolute atomic E-state index is 11.7. The van der Waals surface area contributed by atoms with Crippen LogP contribution in [-0.4, -0.2) is 29.6 Å². The highest BCUT2D eigenvalue weighted by Crippen LogP contribution is 2.33. The number of hydrogen-bond acceptors (Lipinski definition) is 2. The molecular weight excluding hydrogens is 178 g/mol. The van der Waals surface area contributed by atoms with Crippen molar-refractivity contribution in [2.24, 2.45) is 0 Å². The first kappa shape index (κ1) is 9.21. The Balaban J connectivity index is 2.42. The van der Waals surface area contributed by atoms with Crippen LogP contribution in [0.2, 0.25) is 0 Å². The molecule has 74 valence electrons. The summed E-state index contributed by atoms with van der Waals surface area (Å²) in [5.41, 5.74) is 1.81. The largest absolute Gasteiger partial charge is 0.396 e. The van der Waals surface area contributed by atoms with Crippen LogP contribution < -0.4 is 0 Å². The van der Waals surface area contributed by atoms with Crippen LogP contribution in [0.3, 0.4) is 0 Å². The van der Waals surface area contributed by atoms with E-state index >= 15 is 0 Å².